The molecule has 0 amide bonds. The number of hydrogen-bond acceptors (Lipinski definition) is 4. The van der Waals surface area contributed by atoms with Gasteiger partial charge in [-0.25, -0.2) is 4.39 Å². The van der Waals surface area contributed by atoms with Crippen LogP contribution in [0.4, 0.5) is 10.1 Å². The minimum atomic E-state index is -0.446. The number of hydrogen-bond donors (Lipinski definition) is 0. The van der Waals surface area contributed by atoms with Gasteiger partial charge in [0.15, 0.2) is 0 Å². The first-order valence-corrected chi connectivity index (χ1v) is 10.6. The zero-order chi connectivity index (χ0) is 20.0. The summed E-state index contributed by atoms with van der Waals surface area (Å²) < 4.78 is 14.3. The summed E-state index contributed by atoms with van der Waals surface area (Å²) >= 11 is 0. The number of piperazine rings is 1. The van der Waals surface area contributed by atoms with Crippen LogP contribution < -0.4 is 4.90 Å². The van der Waals surface area contributed by atoms with Gasteiger partial charge in [-0.3, -0.25) is 4.90 Å². The molecule has 0 unspecified atom stereocenters. The molecular formula is C24H27FN4. The summed E-state index contributed by atoms with van der Waals surface area (Å²) in [5, 5.41) is 9.04. The van der Waals surface area contributed by atoms with Gasteiger partial charge in [0.2, 0.25) is 0 Å². The second-order valence-electron chi connectivity index (χ2n) is 8.80. The van der Waals surface area contributed by atoms with Crippen molar-refractivity contribution in [2.24, 2.45) is 0 Å². The second-order valence-corrected chi connectivity index (χ2v) is 8.80. The highest BCUT2D eigenvalue weighted by atomic mass is 19.1. The third-order valence-corrected chi connectivity index (χ3v) is 6.89. The van der Waals surface area contributed by atoms with Crippen molar-refractivity contribution in [1.82, 2.24) is 9.80 Å². The van der Waals surface area contributed by atoms with Crippen molar-refractivity contribution in [3.63, 3.8) is 0 Å². The van der Waals surface area contributed by atoms with E-state index in [-0.39, 0.29) is 5.56 Å². The molecule has 2 aromatic rings. The summed E-state index contributed by atoms with van der Waals surface area (Å²) in [5.41, 5.74) is 4.51. The number of likely N-dealkylation sites (tertiary alicyclic amines) is 2. The van der Waals surface area contributed by atoms with Gasteiger partial charge < -0.3 is 9.80 Å². The average molecular weight is 391 g/mol. The van der Waals surface area contributed by atoms with E-state index in [0.717, 1.165) is 43.9 Å². The van der Waals surface area contributed by atoms with E-state index in [2.05, 4.69) is 39.9 Å². The molecule has 3 aliphatic heterocycles. The van der Waals surface area contributed by atoms with E-state index >= 15 is 0 Å². The van der Waals surface area contributed by atoms with Crippen LogP contribution in [0.15, 0.2) is 36.4 Å². The summed E-state index contributed by atoms with van der Waals surface area (Å²) in [6.07, 6.45) is 3.73. The molecular weight excluding hydrogens is 363 g/mol. The molecule has 2 aromatic carbocycles. The molecule has 0 N–H and O–H groups in total. The summed E-state index contributed by atoms with van der Waals surface area (Å²) in [7, 11) is 2.23. The van der Waals surface area contributed by atoms with E-state index in [1.54, 1.807) is 6.07 Å². The molecule has 2 bridgehead atoms. The predicted octanol–water partition coefficient (Wildman–Crippen LogP) is 3.85. The standard InChI is InChI=1S/C24H27FN4/c1-27-15-23-12-22(27)16-29(23)14-17-8-20(10-21(9-17)28-6-2-3-7-28)18-4-5-19(13-26)24(25)11-18/h4-5,8-11,22-23H,2-3,6-7,12,14-16H2,1H3/t22-,23-/m1/s1. The average Bonchev–Trinajstić information content (AvgIpc) is 3.45. The molecule has 3 aliphatic rings. The molecule has 2 atom stereocenters. The van der Waals surface area contributed by atoms with Crippen molar-refractivity contribution in [1.29, 1.82) is 5.26 Å². The van der Waals surface area contributed by atoms with Gasteiger partial charge in [-0.1, -0.05) is 6.07 Å². The minimum absolute atomic E-state index is 0.0990. The first-order valence-electron chi connectivity index (χ1n) is 10.6. The van der Waals surface area contributed by atoms with E-state index in [0.29, 0.717) is 12.1 Å². The van der Waals surface area contributed by atoms with Gasteiger partial charge in [-0.05, 0) is 73.3 Å². The fourth-order valence-corrected chi connectivity index (χ4v) is 5.25. The molecule has 0 spiro atoms. The fourth-order valence-electron chi connectivity index (χ4n) is 5.25. The van der Waals surface area contributed by atoms with Crippen molar-refractivity contribution in [2.45, 2.75) is 37.9 Å². The van der Waals surface area contributed by atoms with Crippen LogP contribution in [-0.2, 0) is 6.54 Å². The van der Waals surface area contributed by atoms with Gasteiger partial charge in [0.05, 0.1) is 5.56 Å². The van der Waals surface area contributed by atoms with Crippen LogP contribution >= 0.6 is 0 Å². The van der Waals surface area contributed by atoms with Crippen LogP contribution in [0, 0.1) is 17.1 Å². The lowest BCUT2D eigenvalue weighted by atomic mass is 9.99. The first-order chi connectivity index (χ1) is 14.1. The summed E-state index contributed by atoms with van der Waals surface area (Å²) in [4.78, 5) is 7.53. The Labute approximate surface area is 172 Å². The van der Waals surface area contributed by atoms with Crippen molar-refractivity contribution < 1.29 is 4.39 Å². The molecule has 0 aromatic heterocycles. The van der Waals surface area contributed by atoms with Crippen molar-refractivity contribution in [3.05, 3.63) is 53.3 Å². The van der Waals surface area contributed by atoms with Crippen LogP contribution in [0.1, 0.15) is 30.4 Å². The van der Waals surface area contributed by atoms with Gasteiger partial charge in [-0.15, -0.1) is 0 Å². The van der Waals surface area contributed by atoms with E-state index in [1.807, 2.05) is 12.1 Å². The summed E-state index contributed by atoms with van der Waals surface area (Å²) in [6, 6.07) is 14.9. The molecule has 0 aliphatic carbocycles. The third-order valence-electron chi connectivity index (χ3n) is 6.89. The van der Waals surface area contributed by atoms with Crippen LogP contribution in [0.25, 0.3) is 11.1 Å². The maximum atomic E-state index is 14.3. The van der Waals surface area contributed by atoms with Crippen molar-refractivity contribution in [2.75, 3.05) is 38.1 Å². The lowest BCUT2D eigenvalue weighted by molar-refractivity contribution is 0.143. The quantitative estimate of drug-likeness (QED) is 0.794. The number of nitriles is 1. The monoisotopic (exact) mass is 390 g/mol. The number of likely N-dealkylation sites (N-methyl/N-ethyl adjacent to an activating group) is 1. The number of benzene rings is 2. The summed E-state index contributed by atoms with van der Waals surface area (Å²) in [5.74, 6) is -0.446. The highest BCUT2D eigenvalue weighted by Gasteiger charge is 2.41. The Morgan fingerprint density at radius 2 is 1.86 bits per heavy atom. The van der Waals surface area contributed by atoms with Crippen LogP contribution in [0.3, 0.4) is 0 Å². The molecule has 0 saturated carbocycles. The smallest absolute Gasteiger partial charge is 0.141 e. The van der Waals surface area contributed by atoms with Gasteiger partial charge in [0, 0.05) is 50.5 Å². The Hall–Kier alpha value is -2.42. The Kier molecular flexibility index (Phi) is 4.77. The number of rotatable bonds is 4. The van der Waals surface area contributed by atoms with Gasteiger partial charge in [0.25, 0.3) is 0 Å². The molecule has 3 saturated heterocycles. The number of halogens is 1. The number of nitrogens with zero attached hydrogens (tertiary/aromatic N) is 4. The maximum Gasteiger partial charge on any atom is 0.141 e. The Morgan fingerprint density at radius 3 is 2.52 bits per heavy atom. The minimum Gasteiger partial charge on any atom is -0.372 e. The molecule has 150 valence electrons. The largest absolute Gasteiger partial charge is 0.372 e. The lowest BCUT2D eigenvalue weighted by Crippen LogP contribution is -2.43. The van der Waals surface area contributed by atoms with E-state index < -0.39 is 5.82 Å². The van der Waals surface area contributed by atoms with Gasteiger partial charge in [-0.2, -0.15) is 5.26 Å². The third kappa shape index (κ3) is 3.52. The van der Waals surface area contributed by atoms with Gasteiger partial charge in [0.1, 0.15) is 11.9 Å². The fraction of sp³-hybridized carbons (Fsp3) is 0.458. The molecule has 5 heteroatoms. The Balaban J connectivity index is 1.48. The van der Waals surface area contributed by atoms with E-state index in [9.17, 15) is 4.39 Å². The zero-order valence-electron chi connectivity index (χ0n) is 16.9. The number of anilines is 1. The lowest BCUT2D eigenvalue weighted by Gasteiger charge is -2.32. The molecule has 29 heavy (non-hydrogen) atoms. The Morgan fingerprint density at radius 1 is 1.03 bits per heavy atom. The maximum absolute atomic E-state index is 14.3. The normalized spacial score (nSPS) is 24.4. The number of fused-ring (bicyclic) bond motifs is 2. The Bertz CT molecular complexity index is 958. The van der Waals surface area contributed by atoms with Crippen molar-refractivity contribution in [3.8, 4) is 17.2 Å². The molecule has 3 heterocycles. The second kappa shape index (κ2) is 7.44. The molecule has 4 nitrogen and oxygen atoms in total. The predicted molar refractivity (Wildman–Crippen MR) is 113 cm³/mol. The van der Waals surface area contributed by atoms with Crippen LogP contribution in [-0.4, -0.2) is 55.1 Å². The summed E-state index contributed by atoms with van der Waals surface area (Å²) in [6.45, 7) is 5.41. The first kappa shape index (κ1) is 18.6. The van der Waals surface area contributed by atoms with Crippen molar-refractivity contribution >= 4 is 5.69 Å². The highest BCUT2D eigenvalue weighted by molar-refractivity contribution is 5.71. The molecule has 5 rings (SSSR count). The van der Waals surface area contributed by atoms with Crippen LogP contribution in [0.5, 0.6) is 0 Å². The molecule has 3 fully saturated rings. The molecule has 0 radical (unpaired) electrons. The van der Waals surface area contributed by atoms with E-state index in [1.165, 1.54) is 36.6 Å². The topological polar surface area (TPSA) is 33.5 Å². The highest BCUT2D eigenvalue weighted by Crippen LogP contribution is 2.34. The van der Waals surface area contributed by atoms with Gasteiger partial charge >= 0.3 is 0 Å². The zero-order valence-corrected chi connectivity index (χ0v) is 16.9. The van der Waals surface area contributed by atoms with E-state index in [4.69, 9.17) is 5.26 Å². The SMILES string of the molecule is CN1C[C@H]2C[C@@H]1CN2Cc1cc(-c2ccc(C#N)c(F)c2)cc(N2CCCC2)c1. The van der Waals surface area contributed by atoms with Crippen LogP contribution in [0.2, 0.25) is 0 Å².